The van der Waals surface area contributed by atoms with Crippen LogP contribution in [0.3, 0.4) is 0 Å². The van der Waals surface area contributed by atoms with Crippen molar-refractivity contribution in [2.24, 2.45) is 11.8 Å². The molecule has 3 saturated heterocycles. The van der Waals surface area contributed by atoms with Crippen molar-refractivity contribution in [3.8, 4) is 6.07 Å². The fourth-order valence-corrected chi connectivity index (χ4v) is 4.06. The van der Waals surface area contributed by atoms with Crippen LogP contribution in [0, 0.1) is 23.2 Å². The minimum Gasteiger partial charge on any atom is -0.347 e. The molecule has 0 aromatic rings. The van der Waals surface area contributed by atoms with Gasteiger partial charge in [-0.25, -0.2) is 0 Å². The second-order valence-corrected chi connectivity index (χ2v) is 7.32. The van der Waals surface area contributed by atoms with E-state index in [1.807, 2.05) is 19.9 Å². The highest BCUT2D eigenvalue weighted by atomic mass is 16.7. The van der Waals surface area contributed by atoms with Gasteiger partial charge in [-0.15, -0.1) is 0 Å². The summed E-state index contributed by atoms with van der Waals surface area (Å²) in [4.78, 5) is 28.6. The molecule has 0 spiro atoms. The highest BCUT2D eigenvalue weighted by Crippen LogP contribution is 2.48. The van der Waals surface area contributed by atoms with Crippen LogP contribution in [0.4, 0.5) is 0 Å². The van der Waals surface area contributed by atoms with E-state index in [-0.39, 0.29) is 11.8 Å². The zero-order valence-corrected chi connectivity index (χ0v) is 13.9. The third-order valence-electron chi connectivity index (χ3n) is 5.30. The summed E-state index contributed by atoms with van der Waals surface area (Å²) < 4.78 is 5.78. The van der Waals surface area contributed by atoms with Gasteiger partial charge in [-0.1, -0.05) is 27.7 Å². The molecule has 2 amide bonds. The Morgan fingerprint density at radius 3 is 2.52 bits per heavy atom. The Balaban J connectivity index is 2.17. The first-order chi connectivity index (χ1) is 10.7. The summed E-state index contributed by atoms with van der Waals surface area (Å²) in [6, 6.07) is 0.541. The van der Waals surface area contributed by atoms with Crippen LogP contribution in [0.2, 0.25) is 0 Å². The zero-order chi connectivity index (χ0) is 17.2. The van der Waals surface area contributed by atoms with Gasteiger partial charge in [0, 0.05) is 12.5 Å². The van der Waals surface area contributed by atoms with Gasteiger partial charge in [-0.3, -0.25) is 19.2 Å². The molecule has 7 heteroatoms. The van der Waals surface area contributed by atoms with Crippen molar-refractivity contribution in [3.05, 3.63) is 0 Å². The monoisotopic (exact) mass is 321 g/mol. The fraction of sp³-hybridized carbons (Fsp3) is 0.812. The van der Waals surface area contributed by atoms with Crippen LogP contribution in [0.25, 0.3) is 0 Å². The Morgan fingerprint density at radius 1 is 1.35 bits per heavy atom. The van der Waals surface area contributed by atoms with Crippen molar-refractivity contribution in [1.29, 1.82) is 5.26 Å². The number of carbonyl (C=O) groups excluding carboxylic acids is 2. The molecule has 3 fully saturated rings. The second kappa shape index (κ2) is 4.92. The van der Waals surface area contributed by atoms with Crippen molar-refractivity contribution in [3.63, 3.8) is 0 Å². The van der Waals surface area contributed by atoms with Crippen LogP contribution in [0.1, 0.15) is 40.5 Å². The van der Waals surface area contributed by atoms with Crippen molar-refractivity contribution >= 4 is 11.8 Å². The zero-order valence-electron chi connectivity index (χ0n) is 13.9. The standard InChI is InChI=1S/C16H23N3O4/c1-9(2)12-13(20)18-7-5-6-11(18)16(22)19(12)14(21)15(8-17,23-16)10(3)4/h9-12,22H,5-7H2,1-4H3. The van der Waals surface area contributed by atoms with E-state index < -0.39 is 35.4 Å². The lowest BCUT2D eigenvalue weighted by atomic mass is 9.89. The van der Waals surface area contributed by atoms with Gasteiger partial charge in [0.1, 0.15) is 18.2 Å². The minimum atomic E-state index is -1.92. The molecule has 3 aliphatic rings. The number of amides is 2. The molecule has 3 heterocycles. The molecule has 23 heavy (non-hydrogen) atoms. The Bertz CT molecular complexity index is 599. The van der Waals surface area contributed by atoms with E-state index >= 15 is 0 Å². The number of hydrogen-bond acceptors (Lipinski definition) is 5. The fourth-order valence-electron chi connectivity index (χ4n) is 4.06. The summed E-state index contributed by atoms with van der Waals surface area (Å²) in [5, 5.41) is 20.9. The number of ether oxygens (including phenoxy) is 1. The Hall–Kier alpha value is -1.65. The number of aliphatic hydroxyl groups is 1. The lowest BCUT2D eigenvalue weighted by Crippen LogP contribution is -2.72. The number of rotatable bonds is 2. The van der Waals surface area contributed by atoms with E-state index in [0.717, 1.165) is 11.3 Å². The van der Waals surface area contributed by atoms with Gasteiger partial charge in [0.25, 0.3) is 11.8 Å². The lowest BCUT2D eigenvalue weighted by Gasteiger charge is -2.49. The molecule has 0 aliphatic carbocycles. The largest absolute Gasteiger partial charge is 0.347 e. The smallest absolute Gasteiger partial charge is 0.275 e. The number of hydrogen-bond donors (Lipinski definition) is 1. The van der Waals surface area contributed by atoms with Gasteiger partial charge in [-0.05, 0) is 18.8 Å². The maximum atomic E-state index is 13.0. The predicted octanol–water partition coefficient (Wildman–Crippen LogP) is 0.439. The first-order valence-corrected chi connectivity index (χ1v) is 8.18. The van der Waals surface area contributed by atoms with Crippen molar-refractivity contribution < 1.29 is 19.4 Å². The maximum absolute atomic E-state index is 13.0. The molecule has 0 aromatic heterocycles. The normalized spacial score (nSPS) is 39.9. The van der Waals surface area contributed by atoms with E-state index in [9.17, 15) is 20.0 Å². The number of fused-ring (bicyclic) bond motifs is 3. The topological polar surface area (TPSA) is 93.9 Å². The van der Waals surface area contributed by atoms with Crippen molar-refractivity contribution in [2.45, 2.75) is 64.1 Å². The predicted molar refractivity (Wildman–Crippen MR) is 79.4 cm³/mol. The first-order valence-electron chi connectivity index (χ1n) is 8.18. The summed E-state index contributed by atoms with van der Waals surface area (Å²) >= 11 is 0. The van der Waals surface area contributed by atoms with Crippen LogP contribution in [0.5, 0.6) is 0 Å². The lowest BCUT2D eigenvalue weighted by molar-refractivity contribution is -0.314. The Kier molecular flexibility index (Phi) is 3.47. The molecule has 0 aromatic carbocycles. The Labute approximate surface area is 135 Å². The number of nitrogens with zero attached hydrogens (tertiary/aromatic N) is 3. The summed E-state index contributed by atoms with van der Waals surface area (Å²) in [5.41, 5.74) is -1.75. The van der Waals surface area contributed by atoms with Gasteiger partial charge in [0.2, 0.25) is 11.5 Å². The number of carbonyl (C=O) groups is 2. The molecule has 7 nitrogen and oxygen atoms in total. The average molecular weight is 321 g/mol. The third-order valence-corrected chi connectivity index (χ3v) is 5.30. The molecular formula is C16H23N3O4. The van der Waals surface area contributed by atoms with Crippen LogP contribution in [0.15, 0.2) is 0 Å². The molecular weight excluding hydrogens is 298 g/mol. The third kappa shape index (κ3) is 1.82. The van der Waals surface area contributed by atoms with Crippen LogP contribution in [-0.4, -0.2) is 56.9 Å². The van der Waals surface area contributed by atoms with Crippen LogP contribution in [-0.2, 0) is 14.3 Å². The molecule has 4 atom stereocenters. The summed E-state index contributed by atoms with van der Waals surface area (Å²) in [5.74, 6) is -3.31. The minimum absolute atomic E-state index is 0.165. The van der Waals surface area contributed by atoms with E-state index in [4.69, 9.17) is 4.74 Å². The van der Waals surface area contributed by atoms with E-state index in [0.29, 0.717) is 13.0 Å². The second-order valence-electron chi connectivity index (χ2n) is 7.32. The highest BCUT2D eigenvalue weighted by molar-refractivity contribution is 5.97. The summed E-state index contributed by atoms with van der Waals surface area (Å²) in [6.45, 7) is 7.62. The quantitative estimate of drug-likeness (QED) is 0.796. The Morgan fingerprint density at radius 2 is 2.00 bits per heavy atom. The number of piperazine rings is 1. The number of nitriles is 1. The molecule has 4 unspecified atom stereocenters. The van der Waals surface area contributed by atoms with Gasteiger partial charge < -0.3 is 10.0 Å². The van der Waals surface area contributed by atoms with Crippen LogP contribution < -0.4 is 0 Å². The molecule has 3 rings (SSSR count). The highest BCUT2D eigenvalue weighted by Gasteiger charge is 2.72. The molecule has 3 aliphatic heterocycles. The molecule has 1 N–H and O–H groups in total. The molecule has 126 valence electrons. The first kappa shape index (κ1) is 16.2. The SMILES string of the molecule is CC(C)C1C(=O)N2CCCC2C2(O)OC(C#N)(C(C)C)C(=O)N12. The van der Waals surface area contributed by atoms with Crippen LogP contribution >= 0.6 is 0 Å². The van der Waals surface area contributed by atoms with Gasteiger partial charge in [-0.2, -0.15) is 5.26 Å². The van der Waals surface area contributed by atoms with Crippen molar-refractivity contribution in [2.75, 3.05) is 6.54 Å². The molecule has 0 bridgehead atoms. The van der Waals surface area contributed by atoms with Gasteiger partial charge in [0.15, 0.2) is 0 Å². The maximum Gasteiger partial charge on any atom is 0.275 e. The summed E-state index contributed by atoms with van der Waals surface area (Å²) in [7, 11) is 0. The van der Waals surface area contributed by atoms with Crippen molar-refractivity contribution in [1.82, 2.24) is 9.80 Å². The van der Waals surface area contributed by atoms with Gasteiger partial charge >= 0.3 is 0 Å². The molecule has 0 saturated carbocycles. The van der Waals surface area contributed by atoms with E-state index in [1.54, 1.807) is 18.7 Å². The average Bonchev–Trinajstić information content (AvgIpc) is 3.04. The van der Waals surface area contributed by atoms with E-state index in [1.165, 1.54) is 0 Å². The molecule has 0 radical (unpaired) electrons. The van der Waals surface area contributed by atoms with E-state index in [2.05, 4.69) is 0 Å². The van der Waals surface area contributed by atoms with Gasteiger partial charge in [0.05, 0.1) is 0 Å². The summed E-state index contributed by atoms with van der Waals surface area (Å²) in [6.07, 6.45) is 1.30.